The van der Waals surface area contributed by atoms with Crippen molar-refractivity contribution in [2.75, 3.05) is 19.6 Å². The van der Waals surface area contributed by atoms with E-state index in [1.54, 1.807) is 4.90 Å². The molecule has 23 heavy (non-hydrogen) atoms. The molecule has 0 atom stereocenters. The average Bonchev–Trinajstić information content (AvgIpc) is 2.35. The van der Waals surface area contributed by atoms with Crippen LogP contribution in [0.2, 0.25) is 0 Å². The number of nitrogens with zero attached hydrogens (tertiary/aromatic N) is 1. The molecule has 136 valence electrons. The molecule has 1 rings (SSSR count). The van der Waals surface area contributed by atoms with Gasteiger partial charge in [0.25, 0.3) is 0 Å². The van der Waals surface area contributed by atoms with E-state index >= 15 is 0 Å². The summed E-state index contributed by atoms with van der Waals surface area (Å²) < 4.78 is 5.50. The Morgan fingerprint density at radius 1 is 1.13 bits per heavy atom. The number of amides is 1. The predicted octanol–water partition coefficient (Wildman–Crippen LogP) is 3.31. The van der Waals surface area contributed by atoms with E-state index in [0.717, 1.165) is 25.7 Å². The molecule has 0 saturated heterocycles. The van der Waals surface area contributed by atoms with Crippen molar-refractivity contribution >= 4 is 6.09 Å². The van der Waals surface area contributed by atoms with Gasteiger partial charge in [0.2, 0.25) is 0 Å². The number of ether oxygens (including phenoxy) is 1. The van der Waals surface area contributed by atoms with Crippen LogP contribution in [0.1, 0.15) is 73.6 Å². The van der Waals surface area contributed by atoms with Crippen LogP contribution in [0.25, 0.3) is 0 Å². The summed E-state index contributed by atoms with van der Waals surface area (Å²) >= 11 is 0. The van der Waals surface area contributed by atoms with E-state index in [1.807, 2.05) is 41.5 Å². The second-order valence-electron chi connectivity index (χ2n) is 8.76. The highest BCUT2D eigenvalue weighted by atomic mass is 16.6. The molecule has 1 aliphatic rings. The lowest BCUT2D eigenvalue weighted by molar-refractivity contribution is -0.000331. The van der Waals surface area contributed by atoms with Crippen molar-refractivity contribution in [2.45, 2.75) is 90.4 Å². The summed E-state index contributed by atoms with van der Waals surface area (Å²) in [5, 5.41) is 13.8. The first-order chi connectivity index (χ1) is 10.4. The van der Waals surface area contributed by atoms with Crippen molar-refractivity contribution in [3.63, 3.8) is 0 Å². The number of rotatable bonds is 5. The molecule has 1 aliphatic carbocycles. The summed E-state index contributed by atoms with van der Waals surface area (Å²) in [7, 11) is 0. The van der Waals surface area contributed by atoms with Crippen molar-refractivity contribution in [3.05, 3.63) is 0 Å². The minimum absolute atomic E-state index is 0.289. The molecule has 5 nitrogen and oxygen atoms in total. The van der Waals surface area contributed by atoms with Crippen LogP contribution in [0.15, 0.2) is 0 Å². The van der Waals surface area contributed by atoms with Gasteiger partial charge in [-0.15, -0.1) is 0 Å². The first-order valence-electron chi connectivity index (χ1n) is 8.87. The summed E-state index contributed by atoms with van der Waals surface area (Å²) in [6.45, 7) is 13.5. The van der Waals surface area contributed by atoms with Gasteiger partial charge in [0.15, 0.2) is 0 Å². The lowest BCUT2D eigenvalue weighted by atomic mass is 9.85. The number of aliphatic hydroxyl groups is 1. The van der Waals surface area contributed by atoms with Gasteiger partial charge in [-0.2, -0.15) is 0 Å². The van der Waals surface area contributed by atoms with E-state index < -0.39 is 11.2 Å². The van der Waals surface area contributed by atoms with Crippen LogP contribution < -0.4 is 5.32 Å². The van der Waals surface area contributed by atoms with Gasteiger partial charge in [-0.3, -0.25) is 0 Å². The molecule has 1 saturated carbocycles. The quantitative estimate of drug-likeness (QED) is 0.760. The van der Waals surface area contributed by atoms with Crippen molar-refractivity contribution in [1.82, 2.24) is 10.2 Å². The van der Waals surface area contributed by atoms with Crippen LogP contribution in [0, 0.1) is 0 Å². The maximum Gasteiger partial charge on any atom is 0.410 e. The van der Waals surface area contributed by atoms with E-state index in [-0.39, 0.29) is 11.6 Å². The van der Waals surface area contributed by atoms with Crippen LogP contribution in [-0.4, -0.2) is 52.5 Å². The Morgan fingerprint density at radius 2 is 1.70 bits per heavy atom. The van der Waals surface area contributed by atoms with Gasteiger partial charge in [0.1, 0.15) is 5.60 Å². The van der Waals surface area contributed by atoms with Gasteiger partial charge in [0, 0.05) is 25.2 Å². The lowest BCUT2D eigenvalue weighted by Gasteiger charge is -2.37. The smallest absolute Gasteiger partial charge is 0.410 e. The first-order valence-corrected chi connectivity index (χ1v) is 8.87. The van der Waals surface area contributed by atoms with Crippen LogP contribution in [0.3, 0.4) is 0 Å². The Balaban J connectivity index is 2.47. The molecule has 1 fully saturated rings. The zero-order chi connectivity index (χ0) is 17.7. The second kappa shape index (κ2) is 7.84. The molecular formula is C18H36N2O3. The molecule has 0 heterocycles. The van der Waals surface area contributed by atoms with Gasteiger partial charge in [-0.05, 0) is 54.4 Å². The topological polar surface area (TPSA) is 61.8 Å². The fourth-order valence-electron chi connectivity index (χ4n) is 2.92. The number of nitrogens with one attached hydrogen (secondary N) is 1. The molecule has 0 aromatic carbocycles. The molecular weight excluding hydrogens is 292 g/mol. The maximum absolute atomic E-state index is 12.4. The molecule has 0 spiro atoms. The Kier molecular flexibility index (Phi) is 6.90. The molecule has 0 radical (unpaired) electrons. The fourth-order valence-corrected chi connectivity index (χ4v) is 2.92. The zero-order valence-electron chi connectivity index (χ0n) is 15.9. The summed E-state index contributed by atoms with van der Waals surface area (Å²) in [6.07, 6.45) is 4.88. The van der Waals surface area contributed by atoms with E-state index in [1.165, 1.54) is 6.42 Å². The van der Waals surface area contributed by atoms with Crippen molar-refractivity contribution in [2.24, 2.45) is 0 Å². The molecule has 0 unspecified atom stereocenters. The Hall–Kier alpha value is -0.810. The number of hydrogen-bond donors (Lipinski definition) is 2. The van der Waals surface area contributed by atoms with Gasteiger partial charge in [-0.25, -0.2) is 4.79 Å². The third-order valence-electron chi connectivity index (χ3n) is 4.17. The van der Waals surface area contributed by atoms with Crippen LogP contribution in [-0.2, 0) is 4.74 Å². The third-order valence-corrected chi connectivity index (χ3v) is 4.17. The molecule has 0 bridgehead atoms. The highest BCUT2D eigenvalue weighted by Gasteiger charge is 2.31. The predicted molar refractivity (Wildman–Crippen MR) is 93.6 cm³/mol. The molecule has 1 amide bonds. The molecule has 0 aromatic rings. The second-order valence-corrected chi connectivity index (χ2v) is 8.76. The largest absolute Gasteiger partial charge is 0.444 e. The summed E-state index contributed by atoms with van der Waals surface area (Å²) in [4.78, 5) is 14.1. The molecule has 5 heteroatoms. The minimum Gasteiger partial charge on any atom is -0.444 e. The standard InChI is InChI=1S/C18H36N2O3/c1-16(2,3)20(15(21)23-17(4,5)6)13-12-19-14-18(22)10-8-7-9-11-18/h19,22H,7-14H2,1-6H3. The van der Waals surface area contributed by atoms with E-state index in [2.05, 4.69) is 5.32 Å². The van der Waals surface area contributed by atoms with E-state index in [9.17, 15) is 9.90 Å². The van der Waals surface area contributed by atoms with Crippen molar-refractivity contribution in [3.8, 4) is 0 Å². The van der Waals surface area contributed by atoms with Gasteiger partial charge in [0.05, 0.1) is 5.60 Å². The van der Waals surface area contributed by atoms with Crippen LogP contribution in [0.5, 0.6) is 0 Å². The number of carbonyl (C=O) groups is 1. The average molecular weight is 328 g/mol. The Bertz CT molecular complexity index is 377. The van der Waals surface area contributed by atoms with Crippen LogP contribution >= 0.6 is 0 Å². The normalized spacial score (nSPS) is 18.6. The highest BCUT2D eigenvalue weighted by molar-refractivity contribution is 5.69. The van der Waals surface area contributed by atoms with Crippen molar-refractivity contribution < 1.29 is 14.6 Å². The zero-order valence-corrected chi connectivity index (χ0v) is 15.9. The minimum atomic E-state index is -0.573. The van der Waals surface area contributed by atoms with Crippen LogP contribution in [0.4, 0.5) is 4.79 Å². The summed E-state index contributed by atoms with van der Waals surface area (Å²) in [6, 6.07) is 0. The summed E-state index contributed by atoms with van der Waals surface area (Å²) in [5.74, 6) is 0. The fraction of sp³-hybridized carbons (Fsp3) is 0.944. The Morgan fingerprint density at radius 3 is 2.17 bits per heavy atom. The van der Waals surface area contributed by atoms with Crippen molar-refractivity contribution in [1.29, 1.82) is 0 Å². The SMILES string of the molecule is CC(C)(C)OC(=O)N(CCNCC1(O)CCCCC1)C(C)(C)C. The number of carbonyl (C=O) groups excluding carboxylic acids is 1. The first kappa shape index (κ1) is 20.2. The van der Waals surface area contributed by atoms with E-state index in [4.69, 9.17) is 4.74 Å². The third kappa shape index (κ3) is 7.53. The molecule has 0 aromatic heterocycles. The molecule has 0 aliphatic heterocycles. The monoisotopic (exact) mass is 328 g/mol. The lowest BCUT2D eigenvalue weighted by Crippen LogP contribution is -2.51. The van der Waals surface area contributed by atoms with E-state index in [0.29, 0.717) is 19.6 Å². The summed E-state index contributed by atoms with van der Waals surface area (Å²) in [5.41, 5.74) is -1.37. The molecule has 2 N–H and O–H groups in total. The number of hydrogen-bond acceptors (Lipinski definition) is 4. The van der Waals surface area contributed by atoms with Gasteiger partial charge >= 0.3 is 6.09 Å². The maximum atomic E-state index is 12.4. The Labute approximate surface area is 141 Å². The van der Waals surface area contributed by atoms with Gasteiger partial charge < -0.3 is 20.1 Å². The highest BCUT2D eigenvalue weighted by Crippen LogP contribution is 2.27. The van der Waals surface area contributed by atoms with Gasteiger partial charge in [-0.1, -0.05) is 19.3 Å².